The van der Waals surface area contributed by atoms with Gasteiger partial charge in [0.25, 0.3) is 0 Å². The van der Waals surface area contributed by atoms with Crippen LogP contribution >= 0.6 is 12.4 Å². The number of hydrogen-bond acceptors (Lipinski definition) is 6. The molecule has 2 heterocycles. The summed E-state index contributed by atoms with van der Waals surface area (Å²) in [6, 6.07) is 7.92. The fourth-order valence-electron chi connectivity index (χ4n) is 4.23. The molecule has 0 aromatic heterocycles. The number of para-hydroxylation sites is 2. The van der Waals surface area contributed by atoms with Crippen molar-refractivity contribution >= 4 is 29.9 Å². The average molecular weight is 439 g/mol. The Morgan fingerprint density at radius 3 is 2.37 bits per heavy atom. The molecule has 168 valence electrons. The van der Waals surface area contributed by atoms with Crippen molar-refractivity contribution in [1.29, 1.82) is 0 Å². The lowest BCUT2D eigenvalue weighted by atomic mass is 10.0. The zero-order valence-electron chi connectivity index (χ0n) is 18.5. The number of rotatable bonds is 8. The van der Waals surface area contributed by atoms with Crippen LogP contribution in [0, 0.1) is 5.92 Å². The van der Waals surface area contributed by atoms with Gasteiger partial charge in [0.15, 0.2) is 0 Å². The zero-order valence-corrected chi connectivity index (χ0v) is 19.3. The number of halogens is 1. The van der Waals surface area contributed by atoms with Crippen LogP contribution in [0.1, 0.15) is 27.2 Å². The molecule has 2 fully saturated rings. The first kappa shape index (κ1) is 24.4. The average Bonchev–Trinajstić information content (AvgIpc) is 2.92. The fraction of sp³-hybridized carbons (Fsp3) is 0.636. The normalized spacial score (nSPS) is 22.6. The van der Waals surface area contributed by atoms with Crippen molar-refractivity contribution in [2.45, 2.75) is 39.3 Å². The molecule has 3 rings (SSSR count). The monoisotopic (exact) mass is 438 g/mol. The SMILES string of the molecule is COc1ccccc1N1CCN(CCCN2C(=O)C(C)C(NC(C)C)C2=O)CC1.Cl. The molecule has 2 saturated heterocycles. The van der Waals surface area contributed by atoms with Crippen LogP contribution in [0.15, 0.2) is 24.3 Å². The van der Waals surface area contributed by atoms with E-state index < -0.39 is 0 Å². The summed E-state index contributed by atoms with van der Waals surface area (Å²) in [6.07, 6.45) is 0.813. The van der Waals surface area contributed by atoms with E-state index >= 15 is 0 Å². The van der Waals surface area contributed by atoms with Crippen LogP contribution in [-0.2, 0) is 9.59 Å². The molecule has 1 aromatic carbocycles. The van der Waals surface area contributed by atoms with Gasteiger partial charge in [0, 0.05) is 38.8 Å². The van der Waals surface area contributed by atoms with Crippen molar-refractivity contribution in [2.75, 3.05) is 51.3 Å². The Kier molecular flexibility index (Phi) is 8.94. The Labute approximate surface area is 186 Å². The van der Waals surface area contributed by atoms with E-state index in [1.165, 1.54) is 4.90 Å². The molecule has 0 spiro atoms. The van der Waals surface area contributed by atoms with Crippen molar-refractivity contribution < 1.29 is 14.3 Å². The predicted octanol–water partition coefficient (Wildman–Crippen LogP) is 2.00. The molecule has 7 nitrogen and oxygen atoms in total. The van der Waals surface area contributed by atoms with Crippen molar-refractivity contribution in [2.24, 2.45) is 5.92 Å². The standard InChI is InChI=1S/C22H34N4O3.ClH/c1-16(2)23-20-17(3)21(27)26(22(20)28)11-7-10-24-12-14-25(15-13-24)18-8-5-6-9-19(18)29-4;/h5-6,8-9,16-17,20,23H,7,10-15H2,1-4H3;1H. The van der Waals surface area contributed by atoms with Crippen molar-refractivity contribution in [1.82, 2.24) is 15.1 Å². The Morgan fingerprint density at radius 1 is 1.07 bits per heavy atom. The van der Waals surface area contributed by atoms with Gasteiger partial charge in [-0.25, -0.2) is 0 Å². The van der Waals surface area contributed by atoms with E-state index in [4.69, 9.17) is 4.74 Å². The molecule has 30 heavy (non-hydrogen) atoms. The maximum Gasteiger partial charge on any atom is 0.247 e. The summed E-state index contributed by atoms with van der Waals surface area (Å²) in [5.41, 5.74) is 1.14. The summed E-state index contributed by atoms with van der Waals surface area (Å²) in [7, 11) is 1.71. The van der Waals surface area contributed by atoms with Gasteiger partial charge in [0.05, 0.1) is 24.8 Å². The Hall–Kier alpha value is -1.83. The Bertz CT molecular complexity index is 722. The number of nitrogens with zero attached hydrogens (tertiary/aromatic N) is 3. The molecular weight excluding hydrogens is 404 g/mol. The molecule has 1 N–H and O–H groups in total. The maximum absolute atomic E-state index is 12.6. The minimum absolute atomic E-state index is 0. The van der Waals surface area contributed by atoms with Gasteiger partial charge in [-0.05, 0) is 25.1 Å². The van der Waals surface area contributed by atoms with E-state index in [0.717, 1.165) is 50.6 Å². The lowest BCUT2D eigenvalue weighted by Gasteiger charge is -2.36. The third-order valence-electron chi connectivity index (χ3n) is 5.85. The number of carbonyl (C=O) groups is 2. The number of carbonyl (C=O) groups excluding carboxylic acids is 2. The summed E-state index contributed by atoms with van der Waals surface area (Å²) in [5.74, 6) is 0.506. The van der Waals surface area contributed by atoms with Gasteiger partial charge >= 0.3 is 0 Å². The number of nitrogens with one attached hydrogen (secondary N) is 1. The summed E-state index contributed by atoms with van der Waals surface area (Å²) in [4.78, 5) is 31.3. The van der Waals surface area contributed by atoms with Crippen molar-refractivity contribution in [3.63, 3.8) is 0 Å². The minimum atomic E-state index is -0.383. The molecule has 2 aliphatic heterocycles. The maximum atomic E-state index is 12.6. The van der Waals surface area contributed by atoms with Crippen LogP contribution in [0.3, 0.4) is 0 Å². The van der Waals surface area contributed by atoms with Crippen LogP contribution in [0.25, 0.3) is 0 Å². The van der Waals surface area contributed by atoms with Crippen LogP contribution in [0.4, 0.5) is 5.69 Å². The second kappa shape index (κ2) is 11.0. The summed E-state index contributed by atoms with van der Waals surface area (Å²) in [6.45, 7) is 11.1. The predicted molar refractivity (Wildman–Crippen MR) is 121 cm³/mol. The number of benzene rings is 1. The number of likely N-dealkylation sites (tertiary alicyclic amines) is 1. The lowest BCUT2D eigenvalue weighted by Crippen LogP contribution is -2.47. The second-order valence-corrected chi connectivity index (χ2v) is 8.27. The van der Waals surface area contributed by atoms with E-state index in [-0.39, 0.29) is 42.2 Å². The van der Waals surface area contributed by atoms with Gasteiger partial charge < -0.3 is 15.0 Å². The number of hydrogen-bond donors (Lipinski definition) is 1. The molecule has 2 atom stereocenters. The molecule has 0 aliphatic carbocycles. The third-order valence-corrected chi connectivity index (χ3v) is 5.85. The second-order valence-electron chi connectivity index (χ2n) is 8.27. The smallest absolute Gasteiger partial charge is 0.247 e. The van der Waals surface area contributed by atoms with Crippen molar-refractivity contribution in [3.05, 3.63) is 24.3 Å². The first-order chi connectivity index (χ1) is 13.9. The molecular formula is C22H35ClN4O3. The number of amides is 2. The largest absolute Gasteiger partial charge is 0.495 e. The van der Waals surface area contributed by atoms with E-state index in [9.17, 15) is 9.59 Å². The van der Waals surface area contributed by atoms with Crippen LogP contribution in [0.2, 0.25) is 0 Å². The highest BCUT2D eigenvalue weighted by Gasteiger charge is 2.44. The number of methoxy groups -OCH3 is 1. The van der Waals surface area contributed by atoms with Gasteiger partial charge in [-0.1, -0.05) is 32.9 Å². The third kappa shape index (κ3) is 5.45. The van der Waals surface area contributed by atoms with Crippen LogP contribution in [0.5, 0.6) is 5.75 Å². The van der Waals surface area contributed by atoms with Crippen LogP contribution in [-0.4, -0.2) is 80.1 Å². The molecule has 2 unspecified atom stereocenters. The molecule has 8 heteroatoms. The van der Waals surface area contributed by atoms with Gasteiger partial charge in [0.1, 0.15) is 5.75 Å². The van der Waals surface area contributed by atoms with E-state index in [2.05, 4.69) is 21.2 Å². The molecule has 2 amide bonds. The van der Waals surface area contributed by atoms with Gasteiger partial charge in [-0.3, -0.25) is 19.4 Å². The molecule has 0 saturated carbocycles. The fourth-order valence-corrected chi connectivity index (χ4v) is 4.23. The van der Waals surface area contributed by atoms with Gasteiger partial charge in [-0.2, -0.15) is 0 Å². The Balaban J connectivity index is 0.00000320. The first-order valence-corrected chi connectivity index (χ1v) is 10.6. The number of piperazine rings is 1. The number of ether oxygens (including phenoxy) is 1. The van der Waals surface area contributed by atoms with Gasteiger partial charge in [-0.15, -0.1) is 12.4 Å². The number of imide groups is 1. The summed E-state index contributed by atoms with van der Waals surface area (Å²) in [5, 5.41) is 3.23. The van der Waals surface area contributed by atoms with E-state index in [1.807, 2.05) is 39.0 Å². The summed E-state index contributed by atoms with van der Waals surface area (Å²) >= 11 is 0. The molecule has 0 bridgehead atoms. The minimum Gasteiger partial charge on any atom is -0.495 e. The van der Waals surface area contributed by atoms with E-state index in [0.29, 0.717) is 6.54 Å². The summed E-state index contributed by atoms with van der Waals surface area (Å²) < 4.78 is 5.48. The lowest BCUT2D eigenvalue weighted by molar-refractivity contribution is -0.139. The molecule has 0 radical (unpaired) electrons. The highest BCUT2D eigenvalue weighted by molar-refractivity contribution is 6.06. The topological polar surface area (TPSA) is 65.1 Å². The van der Waals surface area contributed by atoms with Gasteiger partial charge in [0.2, 0.25) is 11.8 Å². The first-order valence-electron chi connectivity index (χ1n) is 10.6. The van der Waals surface area contributed by atoms with E-state index in [1.54, 1.807) is 7.11 Å². The molecule has 2 aliphatic rings. The molecule has 1 aromatic rings. The number of anilines is 1. The van der Waals surface area contributed by atoms with Crippen molar-refractivity contribution in [3.8, 4) is 5.75 Å². The quantitative estimate of drug-likeness (QED) is 0.626. The van der Waals surface area contributed by atoms with Crippen LogP contribution < -0.4 is 15.0 Å². The highest BCUT2D eigenvalue weighted by Crippen LogP contribution is 2.28. The highest BCUT2D eigenvalue weighted by atomic mass is 35.5. The Morgan fingerprint density at radius 2 is 1.73 bits per heavy atom. The zero-order chi connectivity index (χ0) is 21.0.